The second kappa shape index (κ2) is 7.97. The van der Waals surface area contributed by atoms with Crippen molar-refractivity contribution in [2.24, 2.45) is 0 Å². The number of nitrogens with one attached hydrogen (secondary N) is 1. The van der Waals surface area contributed by atoms with Crippen LogP contribution in [0.3, 0.4) is 0 Å². The van der Waals surface area contributed by atoms with Crippen molar-refractivity contribution < 1.29 is 9.53 Å². The van der Waals surface area contributed by atoms with Gasteiger partial charge in [-0.3, -0.25) is 4.79 Å². The molecule has 3 rings (SSSR count). The lowest BCUT2D eigenvalue weighted by Crippen LogP contribution is -2.49. The van der Waals surface area contributed by atoms with Crippen LogP contribution in [0, 0.1) is 0 Å². The number of carbonyl (C=O) groups excluding carboxylic acids is 1. The first-order chi connectivity index (χ1) is 11.7. The van der Waals surface area contributed by atoms with Gasteiger partial charge in [-0.05, 0) is 37.1 Å². The molecule has 7 heteroatoms. The van der Waals surface area contributed by atoms with Crippen molar-refractivity contribution >= 4 is 23.3 Å². The molecule has 1 amide bonds. The summed E-state index contributed by atoms with van der Waals surface area (Å²) in [5.41, 5.74) is 0. The molecule has 0 saturated carbocycles. The lowest BCUT2D eigenvalue weighted by molar-refractivity contribution is -0.123. The van der Waals surface area contributed by atoms with E-state index in [2.05, 4.69) is 20.4 Å². The minimum Gasteiger partial charge on any atom is -0.482 e. The number of nitrogens with zero attached hydrogens (tertiary/aromatic N) is 3. The quantitative estimate of drug-likeness (QED) is 0.899. The molecule has 6 nitrogen and oxygen atoms in total. The number of piperidine rings is 1. The Hall–Kier alpha value is -2.34. The molecule has 1 saturated heterocycles. The summed E-state index contributed by atoms with van der Waals surface area (Å²) in [5, 5.41) is 11.5. The predicted molar refractivity (Wildman–Crippen MR) is 92.4 cm³/mol. The molecule has 0 radical (unpaired) electrons. The molecule has 126 valence electrons. The monoisotopic (exact) mass is 346 g/mol. The molecule has 1 aliphatic rings. The van der Waals surface area contributed by atoms with Crippen LogP contribution in [-0.4, -0.2) is 41.8 Å². The first-order valence-electron chi connectivity index (χ1n) is 7.92. The molecular formula is C17H19ClN4O2. The maximum atomic E-state index is 12.1. The Morgan fingerprint density at radius 2 is 2.21 bits per heavy atom. The van der Waals surface area contributed by atoms with Crippen LogP contribution in [0.1, 0.15) is 12.8 Å². The van der Waals surface area contributed by atoms with E-state index in [0.717, 1.165) is 31.7 Å². The predicted octanol–water partition coefficient (Wildman–Crippen LogP) is 2.29. The van der Waals surface area contributed by atoms with Gasteiger partial charge in [0.1, 0.15) is 5.75 Å². The molecule has 1 aromatic carbocycles. The van der Waals surface area contributed by atoms with E-state index in [1.54, 1.807) is 18.3 Å². The average Bonchev–Trinajstić information content (AvgIpc) is 2.62. The third-order valence-corrected chi connectivity index (χ3v) is 4.18. The fourth-order valence-electron chi connectivity index (χ4n) is 2.74. The fraction of sp³-hybridized carbons (Fsp3) is 0.353. The number of para-hydroxylation sites is 1. The molecule has 2 heterocycles. The van der Waals surface area contributed by atoms with Crippen molar-refractivity contribution in [1.29, 1.82) is 0 Å². The van der Waals surface area contributed by atoms with Crippen LogP contribution in [0.2, 0.25) is 5.02 Å². The SMILES string of the molecule is O=C(COc1ccccc1Cl)NC1CCCN(c2cccnn2)C1. The number of rotatable bonds is 5. The highest BCUT2D eigenvalue weighted by atomic mass is 35.5. The van der Waals surface area contributed by atoms with E-state index < -0.39 is 0 Å². The van der Waals surface area contributed by atoms with Gasteiger partial charge in [-0.15, -0.1) is 5.10 Å². The molecule has 0 aliphatic carbocycles. The summed E-state index contributed by atoms with van der Waals surface area (Å²) in [5.74, 6) is 1.20. The van der Waals surface area contributed by atoms with Gasteiger partial charge in [0.05, 0.1) is 5.02 Å². The van der Waals surface area contributed by atoms with E-state index in [1.165, 1.54) is 0 Å². The zero-order valence-corrected chi connectivity index (χ0v) is 13.9. The Balaban J connectivity index is 1.50. The number of carbonyl (C=O) groups is 1. The highest BCUT2D eigenvalue weighted by molar-refractivity contribution is 6.32. The second-order valence-corrected chi connectivity index (χ2v) is 6.06. The Labute approximate surface area is 145 Å². The highest BCUT2D eigenvalue weighted by Gasteiger charge is 2.22. The van der Waals surface area contributed by atoms with Crippen molar-refractivity contribution in [3.05, 3.63) is 47.6 Å². The lowest BCUT2D eigenvalue weighted by atomic mass is 10.1. The van der Waals surface area contributed by atoms with E-state index in [4.69, 9.17) is 16.3 Å². The van der Waals surface area contributed by atoms with Gasteiger partial charge in [-0.1, -0.05) is 23.7 Å². The van der Waals surface area contributed by atoms with Crippen molar-refractivity contribution in [1.82, 2.24) is 15.5 Å². The van der Waals surface area contributed by atoms with Gasteiger partial charge >= 0.3 is 0 Å². The number of aromatic nitrogens is 2. The fourth-order valence-corrected chi connectivity index (χ4v) is 2.93. The van der Waals surface area contributed by atoms with Crippen LogP contribution >= 0.6 is 11.6 Å². The van der Waals surface area contributed by atoms with E-state index in [0.29, 0.717) is 10.8 Å². The van der Waals surface area contributed by atoms with E-state index in [1.807, 2.05) is 24.3 Å². The molecular weight excluding hydrogens is 328 g/mol. The highest BCUT2D eigenvalue weighted by Crippen LogP contribution is 2.23. The van der Waals surface area contributed by atoms with E-state index in [-0.39, 0.29) is 18.6 Å². The van der Waals surface area contributed by atoms with Crippen LogP contribution < -0.4 is 15.0 Å². The standard InChI is InChI=1S/C17H19ClN4O2/c18-14-6-1-2-7-15(14)24-12-17(23)20-13-5-4-10-22(11-13)16-8-3-9-19-21-16/h1-3,6-9,13H,4-5,10-12H2,(H,20,23). The molecule has 0 spiro atoms. The molecule has 1 unspecified atom stereocenters. The second-order valence-electron chi connectivity index (χ2n) is 5.65. The van der Waals surface area contributed by atoms with Gasteiger partial charge < -0.3 is 15.0 Å². The molecule has 1 atom stereocenters. The lowest BCUT2D eigenvalue weighted by Gasteiger charge is -2.33. The van der Waals surface area contributed by atoms with Gasteiger partial charge in [-0.2, -0.15) is 5.10 Å². The third kappa shape index (κ3) is 4.35. The smallest absolute Gasteiger partial charge is 0.258 e. The molecule has 24 heavy (non-hydrogen) atoms. The molecule has 1 fully saturated rings. The van der Waals surface area contributed by atoms with Crippen LogP contribution in [0.25, 0.3) is 0 Å². The maximum Gasteiger partial charge on any atom is 0.258 e. The summed E-state index contributed by atoms with van der Waals surface area (Å²) in [7, 11) is 0. The van der Waals surface area contributed by atoms with Crippen LogP contribution in [0.5, 0.6) is 5.75 Å². The number of hydrogen-bond donors (Lipinski definition) is 1. The number of ether oxygens (including phenoxy) is 1. The van der Waals surface area contributed by atoms with Crippen molar-refractivity contribution in [2.75, 3.05) is 24.6 Å². The molecule has 1 N–H and O–H groups in total. The van der Waals surface area contributed by atoms with Gasteiger partial charge in [0.2, 0.25) is 0 Å². The Morgan fingerprint density at radius 1 is 1.33 bits per heavy atom. The zero-order valence-electron chi connectivity index (χ0n) is 13.2. The number of anilines is 1. The van der Waals surface area contributed by atoms with E-state index in [9.17, 15) is 4.79 Å². The summed E-state index contributed by atoms with van der Waals surface area (Å²) in [6.45, 7) is 1.59. The average molecular weight is 347 g/mol. The summed E-state index contributed by atoms with van der Waals surface area (Å²) in [6, 6.07) is 11.0. The number of halogens is 1. The normalized spacial score (nSPS) is 17.4. The van der Waals surface area contributed by atoms with Gasteiger partial charge in [0, 0.05) is 25.3 Å². The molecule has 1 aromatic heterocycles. The van der Waals surface area contributed by atoms with Crippen molar-refractivity contribution in [2.45, 2.75) is 18.9 Å². The zero-order chi connectivity index (χ0) is 16.8. The minimum absolute atomic E-state index is 0.0502. The number of benzene rings is 1. The third-order valence-electron chi connectivity index (χ3n) is 3.86. The first kappa shape index (κ1) is 16.5. The molecule has 2 aromatic rings. The van der Waals surface area contributed by atoms with Crippen LogP contribution in [0.4, 0.5) is 5.82 Å². The van der Waals surface area contributed by atoms with Crippen LogP contribution in [0.15, 0.2) is 42.6 Å². The van der Waals surface area contributed by atoms with Crippen molar-refractivity contribution in [3.8, 4) is 5.75 Å². The van der Waals surface area contributed by atoms with Crippen molar-refractivity contribution in [3.63, 3.8) is 0 Å². The topological polar surface area (TPSA) is 67.3 Å². The Bertz CT molecular complexity index is 683. The minimum atomic E-state index is -0.152. The maximum absolute atomic E-state index is 12.1. The Kier molecular flexibility index (Phi) is 5.48. The largest absolute Gasteiger partial charge is 0.482 e. The van der Waals surface area contributed by atoms with Crippen LogP contribution in [-0.2, 0) is 4.79 Å². The molecule has 0 bridgehead atoms. The number of amides is 1. The number of hydrogen-bond acceptors (Lipinski definition) is 5. The van der Waals surface area contributed by atoms with Gasteiger partial charge in [0.25, 0.3) is 5.91 Å². The Morgan fingerprint density at radius 3 is 3.00 bits per heavy atom. The van der Waals surface area contributed by atoms with Gasteiger partial charge in [-0.25, -0.2) is 0 Å². The summed E-state index contributed by atoms with van der Waals surface area (Å²) >= 11 is 6.01. The summed E-state index contributed by atoms with van der Waals surface area (Å²) in [4.78, 5) is 14.2. The van der Waals surface area contributed by atoms with Gasteiger partial charge in [0.15, 0.2) is 12.4 Å². The molecule has 1 aliphatic heterocycles. The first-order valence-corrected chi connectivity index (χ1v) is 8.29. The summed E-state index contributed by atoms with van der Waals surface area (Å²) < 4.78 is 5.47. The van der Waals surface area contributed by atoms with E-state index >= 15 is 0 Å². The summed E-state index contributed by atoms with van der Waals surface area (Å²) in [6.07, 6.45) is 3.58.